The number of aryl methyl sites for hydroxylation is 1. The van der Waals surface area contributed by atoms with E-state index in [0.29, 0.717) is 0 Å². The van der Waals surface area contributed by atoms with Crippen molar-refractivity contribution in [3.8, 4) is 0 Å². The van der Waals surface area contributed by atoms with E-state index in [1.165, 1.54) is 10.9 Å². The number of para-hydroxylation sites is 1. The van der Waals surface area contributed by atoms with Gasteiger partial charge in [-0.05, 0) is 31.5 Å². The highest BCUT2D eigenvalue weighted by Crippen LogP contribution is 2.31. The van der Waals surface area contributed by atoms with E-state index >= 15 is 0 Å². The van der Waals surface area contributed by atoms with Crippen molar-refractivity contribution in [2.24, 2.45) is 0 Å². The molecule has 0 saturated heterocycles. The monoisotopic (exact) mass is 266 g/mol. The lowest BCUT2D eigenvalue weighted by atomic mass is 10.0. The zero-order valence-corrected chi connectivity index (χ0v) is 11.8. The average molecular weight is 266 g/mol. The summed E-state index contributed by atoms with van der Waals surface area (Å²) in [7, 11) is 0. The Bertz CT molecular complexity index is 703. The largest absolute Gasteiger partial charge is 0.459 e. The molecule has 1 N–H and O–H groups in total. The predicted molar refractivity (Wildman–Crippen MR) is 81.9 cm³/mol. The molecule has 0 aliphatic carbocycles. The highest BCUT2D eigenvalue weighted by Gasteiger charge is 2.17. The second kappa shape index (κ2) is 5.37. The maximum Gasteiger partial charge on any atom is 0.134 e. The summed E-state index contributed by atoms with van der Waals surface area (Å²) < 4.78 is 6.04. The first-order chi connectivity index (χ1) is 9.79. The topological polar surface area (TPSA) is 38.1 Å². The van der Waals surface area contributed by atoms with Crippen molar-refractivity contribution < 1.29 is 4.42 Å². The minimum absolute atomic E-state index is 0.113. The molecule has 3 nitrogen and oxygen atoms in total. The molecule has 0 bridgehead atoms. The molecular weight excluding hydrogens is 248 g/mol. The number of fused-ring (bicyclic) bond motifs is 1. The number of hydrogen-bond acceptors (Lipinski definition) is 3. The van der Waals surface area contributed by atoms with Crippen LogP contribution in [0.5, 0.6) is 0 Å². The Labute approximate surface area is 118 Å². The van der Waals surface area contributed by atoms with Crippen molar-refractivity contribution in [1.82, 2.24) is 4.98 Å². The van der Waals surface area contributed by atoms with E-state index in [2.05, 4.69) is 36.3 Å². The van der Waals surface area contributed by atoms with Crippen LogP contribution in [0.1, 0.15) is 31.2 Å². The molecule has 0 amide bonds. The maximum absolute atomic E-state index is 6.04. The summed E-state index contributed by atoms with van der Waals surface area (Å²) in [6.07, 6.45) is 4.56. The zero-order valence-electron chi connectivity index (χ0n) is 11.8. The summed E-state index contributed by atoms with van der Waals surface area (Å²) in [6, 6.07) is 12.3. The molecule has 20 heavy (non-hydrogen) atoms. The van der Waals surface area contributed by atoms with Gasteiger partial charge >= 0.3 is 0 Å². The van der Waals surface area contributed by atoms with Crippen LogP contribution in [0.2, 0.25) is 0 Å². The van der Waals surface area contributed by atoms with Crippen molar-refractivity contribution in [2.75, 3.05) is 5.32 Å². The fourth-order valence-electron chi connectivity index (χ4n) is 2.60. The van der Waals surface area contributed by atoms with E-state index < -0.39 is 0 Å². The van der Waals surface area contributed by atoms with Crippen molar-refractivity contribution in [2.45, 2.75) is 26.3 Å². The maximum atomic E-state index is 6.04. The number of furan rings is 1. The van der Waals surface area contributed by atoms with Crippen molar-refractivity contribution in [3.05, 3.63) is 60.1 Å². The Morgan fingerprint density at radius 2 is 2.05 bits per heavy atom. The number of rotatable bonds is 4. The molecule has 3 aromatic rings. The van der Waals surface area contributed by atoms with Gasteiger partial charge in [0.2, 0.25) is 0 Å². The molecule has 0 fully saturated rings. The number of aromatic nitrogens is 1. The van der Waals surface area contributed by atoms with Crippen LogP contribution in [0, 0.1) is 0 Å². The second-order valence-electron chi connectivity index (χ2n) is 4.90. The molecular formula is C17H18N2O. The smallest absolute Gasteiger partial charge is 0.134 e. The zero-order chi connectivity index (χ0) is 13.9. The number of anilines is 1. The van der Waals surface area contributed by atoms with Crippen LogP contribution in [0.15, 0.2) is 53.2 Å². The predicted octanol–water partition coefficient (Wildman–Crippen LogP) is 4.56. The van der Waals surface area contributed by atoms with Crippen molar-refractivity contribution >= 4 is 16.7 Å². The van der Waals surface area contributed by atoms with Gasteiger partial charge in [0.15, 0.2) is 0 Å². The third-order valence-electron chi connectivity index (χ3n) is 3.52. The summed E-state index contributed by atoms with van der Waals surface area (Å²) >= 11 is 0. The standard InChI is InChI=1S/C17H18N2O/c1-3-14-15-8-4-5-9-16(15)20-17(14)12(2)19-13-7-6-10-18-11-13/h4-12,19H,3H2,1-2H3. The first-order valence-corrected chi connectivity index (χ1v) is 6.96. The first kappa shape index (κ1) is 12.7. The molecule has 1 aromatic carbocycles. The van der Waals surface area contributed by atoms with Gasteiger partial charge < -0.3 is 9.73 Å². The van der Waals surface area contributed by atoms with Crippen LogP contribution in [0.4, 0.5) is 5.69 Å². The van der Waals surface area contributed by atoms with Crippen LogP contribution in [-0.4, -0.2) is 4.98 Å². The molecule has 3 rings (SSSR count). The normalized spacial score (nSPS) is 12.5. The molecule has 102 valence electrons. The molecule has 1 unspecified atom stereocenters. The third-order valence-corrected chi connectivity index (χ3v) is 3.52. The van der Waals surface area contributed by atoms with E-state index in [9.17, 15) is 0 Å². The molecule has 0 radical (unpaired) electrons. The Morgan fingerprint density at radius 1 is 1.20 bits per heavy atom. The van der Waals surface area contributed by atoms with E-state index in [1.807, 2.05) is 30.5 Å². The highest BCUT2D eigenvalue weighted by molar-refractivity contribution is 5.82. The quantitative estimate of drug-likeness (QED) is 0.752. The molecule has 0 aliphatic rings. The minimum atomic E-state index is 0.113. The molecule has 2 heterocycles. The molecule has 2 aromatic heterocycles. The third kappa shape index (κ3) is 2.27. The Hall–Kier alpha value is -2.29. The summed E-state index contributed by atoms with van der Waals surface area (Å²) in [5, 5.41) is 4.65. The van der Waals surface area contributed by atoms with Gasteiger partial charge in [-0.1, -0.05) is 25.1 Å². The van der Waals surface area contributed by atoms with Crippen LogP contribution >= 0.6 is 0 Å². The minimum Gasteiger partial charge on any atom is -0.459 e. The molecule has 0 aliphatic heterocycles. The summed E-state index contributed by atoms with van der Waals surface area (Å²) in [5.41, 5.74) is 3.24. The summed E-state index contributed by atoms with van der Waals surface area (Å²) in [6.45, 7) is 4.28. The number of hydrogen-bond donors (Lipinski definition) is 1. The van der Waals surface area contributed by atoms with E-state index in [1.54, 1.807) is 6.20 Å². The molecule has 1 atom stereocenters. The van der Waals surface area contributed by atoms with Gasteiger partial charge in [-0.25, -0.2) is 0 Å². The van der Waals surface area contributed by atoms with Gasteiger partial charge in [0.1, 0.15) is 11.3 Å². The van der Waals surface area contributed by atoms with Gasteiger partial charge in [-0.3, -0.25) is 4.98 Å². The lowest BCUT2D eigenvalue weighted by Crippen LogP contribution is -2.07. The van der Waals surface area contributed by atoms with Gasteiger partial charge in [0.05, 0.1) is 11.7 Å². The average Bonchev–Trinajstić information content (AvgIpc) is 2.87. The molecule has 0 saturated carbocycles. The van der Waals surface area contributed by atoms with Crippen molar-refractivity contribution in [3.63, 3.8) is 0 Å². The highest BCUT2D eigenvalue weighted by atomic mass is 16.3. The number of nitrogens with zero attached hydrogens (tertiary/aromatic N) is 1. The van der Waals surface area contributed by atoms with E-state index in [-0.39, 0.29) is 6.04 Å². The molecule has 3 heteroatoms. The van der Waals surface area contributed by atoms with Crippen LogP contribution < -0.4 is 5.32 Å². The van der Waals surface area contributed by atoms with E-state index in [0.717, 1.165) is 23.5 Å². The lowest BCUT2D eigenvalue weighted by molar-refractivity contribution is 0.520. The second-order valence-corrected chi connectivity index (χ2v) is 4.90. The van der Waals surface area contributed by atoms with Crippen LogP contribution in [0.25, 0.3) is 11.0 Å². The Kier molecular flexibility index (Phi) is 3.42. The summed E-state index contributed by atoms with van der Waals surface area (Å²) in [4.78, 5) is 4.12. The number of benzene rings is 1. The van der Waals surface area contributed by atoms with Gasteiger partial charge in [-0.2, -0.15) is 0 Å². The molecule has 0 spiro atoms. The van der Waals surface area contributed by atoms with Crippen molar-refractivity contribution in [1.29, 1.82) is 0 Å². The summed E-state index contributed by atoms with van der Waals surface area (Å²) in [5.74, 6) is 1.01. The SMILES string of the molecule is CCc1c(C(C)Nc2cccnc2)oc2ccccc12. The fraction of sp³-hybridized carbons (Fsp3) is 0.235. The van der Waals surface area contributed by atoms with Gasteiger partial charge in [0.25, 0.3) is 0 Å². The lowest BCUT2D eigenvalue weighted by Gasteiger charge is -2.14. The Morgan fingerprint density at radius 3 is 2.80 bits per heavy atom. The first-order valence-electron chi connectivity index (χ1n) is 6.96. The number of pyridine rings is 1. The number of nitrogens with one attached hydrogen (secondary N) is 1. The van der Waals surface area contributed by atoms with Gasteiger partial charge in [-0.15, -0.1) is 0 Å². The van der Waals surface area contributed by atoms with E-state index in [4.69, 9.17) is 4.42 Å². The fourth-order valence-corrected chi connectivity index (χ4v) is 2.60. The Balaban J connectivity index is 1.97. The van der Waals surface area contributed by atoms with Crippen LogP contribution in [-0.2, 0) is 6.42 Å². The van der Waals surface area contributed by atoms with Crippen LogP contribution in [0.3, 0.4) is 0 Å². The van der Waals surface area contributed by atoms with Gasteiger partial charge in [0, 0.05) is 23.3 Å².